The summed E-state index contributed by atoms with van der Waals surface area (Å²) in [6.45, 7) is 1.80. The first-order valence-electron chi connectivity index (χ1n) is 10.6. The van der Waals surface area contributed by atoms with Crippen molar-refractivity contribution in [1.82, 2.24) is 10.2 Å². The van der Waals surface area contributed by atoms with Crippen molar-refractivity contribution in [3.63, 3.8) is 0 Å². The first kappa shape index (κ1) is 20.8. The van der Waals surface area contributed by atoms with Crippen LogP contribution in [0.1, 0.15) is 79.1 Å². The Hall–Kier alpha value is -3.48. The maximum Gasteiger partial charge on any atom is 0.261 e. The van der Waals surface area contributed by atoms with Crippen molar-refractivity contribution in [2.75, 3.05) is 12.4 Å². The first-order chi connectivity index (χ1) is 14.9. The van der Waals surface area contributed by atoms with Gasteiger partial charge in [-0.3, -0.25) is 24.1 Å². The van der Waals surface area contributed by atoms with Gasteiger partial charge in [-0.2, -0.15) is 0 Å². The highest BCUT2D eigenvalue weighted by atomic mass is 16.2. The molecule has 2 N–H and O–H groups in total. The van der Waals surface area contributed by atoms with E-state index in [0.29, 0.717) is 22.4 Å². The molecule has 0 radical (unpaired) electrons. The zero-order chi connectivity index (χ0) is 22.1. The second-order valence-corrected chi connectivity index (χ2v) is 8.10. The molecule has 1 aliphatic heterocycles. The largest absolute Gasteiger partial charge is 0.355 e. The number of benzene rings is 2. The Labute approximate surface area is 180 Å². The molecule has 2 aromatic rings. The normalized spacial score (nSPS) is 16.3. The minimum atomic E-state index is -0.380. The third-order valence-electron chi connectivity index (χ3n) is 6.08. The number of fused-ring (bicyclic) bond motifs is 1. The Morgan fingerprint density at radius 2 is 1.52 bits per heavy atom. The van der Waals surface area contributed by atoms with E-state index in [0.717, 1.165) is 37.7 Å². The van der Waals surface area contributed by atoms with Crippen molar-refractivity contribution in [3.05, 3.63) is 64.2 Å². The molecular formula is C24H25N3O4. The van der Waals surface area contributed by atoms with Gasteiger partial charge in [0, 0.05) is 29.9 Å². The second-order valence-electron chi connectivity index (χ2n) is 8.10. The molecule has 7 heteroatoms. The Morgan fingerprint density at radius 3 is 2.19 bits per heavy atom. The minimum Gasteiger partial charge on any atom is -0.355 e. The van der Waals surface area contributed by atoms with Gasteiger partial charge in [-0.25, -0.2) is 0 Å². The van der Waals surface area contributed by atoms with Gasteiger partial charge in [0.05, 0.1) is 11.1 Å². The lowest BCUT2D eigenvalue weighted by atomic mass is 9.94. The average molecular weight is 419 g/mol. The van der Waals surface area contributed by atoms with E-state index in [9.17, 15) is 19.2 Å². The van der Waals surface area contributed by atoms with Gasteiger partial charge >= 0.3 is 0 Å². The van der Waals surface area contributed by atoms with E-state index in [4.69, 9.17) is 0 Å². The maximum absolute atomic E-state index is 13.0. The van der Waals surface area contributed by atoms with Crippen LogP contribution in [0.3, 0.4) is 0 Å². The highest BCUT2D eigenvalue weighted by Crippen LogP contribution is 2.31. The van der Waals surface area contributed by atoms with Crippen LogP contribution in [-0.2, 0) is 0 Å². The molecule has 0 unspecified atom stereocenters. The molecular weight excluding hydrogens is 394 g/mol. The third-order valence-corrected chi connectivity index (χ3v) is 6.08. The van der Waals surface area contributed by atoms with Crippen molar-refractivity contribution in [1.29, 1.82) is 0 Å². The van der Waals surface area contributed by atoms with Gasteiger partial charge in [0.2, 0.25) is 0 Å². The number of rotatable bonds is 4. The number of carbonyl (C=O) groups is 4. The molecule has 2 aromatic carbocycles. The number of hydrogen-bond acceptors (Lipinski definition) is 4. The van der Waals surface area contributed by atoms with E-state index in [2.05, 4.69) is 10.6 Å². The average Bonchev–Trinajstić information content (AvgIpc) is 3.04. The summed E-state index contributed by atoms with van der Waals surface area (Å²) in [5, 5.41) is 5.39. The lowest BCUT2D eigenvalue weighted by Gasteiger charge is -2.29. The van der Waals surface area contributed by atoms with Gasteiger partial charge in [0.15, 0.2) is 0 Å². The van der Waals surface area contributed by atoms with Gasteiger partial charge in [-0.15, -0.1) is 0 Å². The minimum absolute atomic E-state index is 0.0556. The van der Waals surface area contributed by atoms with Crippen molar-refractivity contribution >= 4 is 29.3 Å². The van der Waals surface area contributed by atoms with E-state index in [1.807, 2.05) is 0 Å². The number of imide groups is 1. The molecule has 1 fully saturated rings. The molecule has 0 bridgehead atoms. The van der Waals surface area contributed by atoms with Gasteiger partial charge in [0.25, 0.3) is 23.6 Å². The predicted octanol–water partition coefficient (Wildman–Crippen LogP) is 3.54. The maximum atomic E-state index is 13.0. The summed E-state index contributed by atoms with van der Waals surface area (Å²) in [6.07, 6.45) is 4.84. The number of nitrogens with one attached hydrogen (secondary N) is 2. The SMILES string of the molecule is CNC(=O)c1ccc(NC(=O)c2ccc3c(c2)C(=O)N(C2CCCCC2)C3=O)c(C)c1. The topological polar surface area (TPSA) is 95.6 Å². The molecule has 0 saturated heterocycles. The molecule has 160 valence electrons. The molecule has 31 heavy (non-hydrogen) atoms. The molecule has 4 amide bonds. The lowest BCUT2D eigenvalue weighted by Crippen LogP contribution is -2.40. The number of carbonyl (C=O) groups excluding carboxylic acids is 4. The van der Waals surface area contributed by atoms with Crippen molar-refractivity contribution in [2.24, 2.45) is 0 Å². The molecule has 0 spiro atoms. The molecule has 4 rings (SSSR count). The van der Waals surface area contributed by atoms with Crippen molar-refractivity contribution in [2.45, 2.75) is 45.1 Å². The van der Waals surface area contributed by atoms with E-state index < -0.39 is 0 Å². The number of nitrogens with zero attached hydrogens (tertiary/aromatic N) is 1. The molecule has 2 aliphatic rings. The van der Waals surface area contributed by atoms with Crippen LogP contribution in [0.2, 0.25) is 0 Å². The van der Waals surface area contributed by atoms with E-state index in [1.165, 1.54) is 11.0 Å². The number of anilines is 1. The van der Waals surface area contributed by atoms with Gasteiger partial charge in [0.1, 0.15) is 0 Å². The van der Waals surface area contributed by atoms with Gasteiger partial charge in [-0.1, -0.05) is 19.3 Å². The summed E-state index contributed by atoms with van der Waals surface area (Å²) >= 11 is 0. The van der Waals surface area contributed by atoms with Crippen molar-refractivity contribution < 1.29 is 19.2 Å². The highest BCUT2D eigenvalue weighted by molar-refractivity contribution is 6.22. The molecule has 1 aliphatic carbocycles. The molecule has 0 atom stereocenters. The van der Waals surface area contributed by atoms with Crippen molar-refractivity contribution in [3.8, 4) is 0 Å². The van der Waals surface area contributed by atoms with E-state index >= 15 is 0 Å². The summed E-state index contributed by atoms with van der Waals surface area (Å²) in [6, 6.07) is 9.58. The quantitative estimate of drug-likeness (QED) is 0.741. The summed E-state index contributed by atoms with van der Waals surface area (Å²) in [5.41, 5.74) is 2.77. The Bertz CT molecular complexity index is 1090. The summed E-state index contributed by atoms with van der Waals surface area (Å²) in [7, 11) is 1.56. The number of amides is 4. The van der Waals surface area contributed by atoms with Crippen LogP contribution in [0.5, 0.6) is 0 Å². The Morgan fingerprint density at radius 1 is 0.871 bits per heavy atom. The zero-order valence-corrected chi connectivity index (χ0v) is 17.7. The summed E-state index contributed by atoms with van der Waals surface area (Å²) in [4.78, 5) is 51.7. The van der Waals surface area contributed by atoms with Gasteiger partial charge < -0.3 is 10.6 Å². The van der Waals surface area contributed by atoms with Crippen LogP contribution in [0.25, 0.3) is 0 Å². The molecule has 1 heterocycles. The standard InChI is InChI=1S/C24H25N3O4/c1-14-12-15(21(28)25-2)9-11-20(14)26-22(29)16-8-10-18-19(13-16)24(31)27(23(18)30)17-6-4-3-5-7-17/h8-13,17H,3-7H2,1-2H3,(H,25,28)(H,26,29). The molecule has 0 aromatic heterocycles. The van der Waals surface area contributed by atoms with Crippen LogP contribution >= 0.6 is 0 Å². The van der Waals surface area contributed by atoms with Crippen LogP contribution in [0.4, 0.5) is 5.69 Å². The molecule has 7 nitrogen and oxygen atoms in total. The fourth-order valence-electron chi connectivity index (χ4n) is 4.36. The number of aryl methyl sites for hydroxylation is 1. The first-order valence-corrected chi connectivity index (χ1v) is 10.6. The molecule has 1 saturated carbocycles. The zero-order valence-electron chi connectivity index (χ0n) is 17.7. The number of hydrogen-bond donors (Lipinski definition) is 2. The van der Waals surface area contributed by atoms with Crippen LogP contribution in [-0.4, -0.2) is 41.6 Å². The van der Waals surface area contributed by atoms with Gasteiger partial charge in [-0.05, 0) is 61.7 Å². The summed E-state index contributed by atoms with van der Waals surface area (Å²) in [5.74, 6) is -1.16. The summed E-state index contributed by atoms with van der Waals surface area (Å²) < 4.78 is 0. The van der Waals surface area contributed by atoms with E-state index in [1.54, 1.807) is 44.3 Å². The smallest absolute Gasteiger partial charge is 0.261 e. The van der Waals surface area contributed by atoms with Crippen LogP contribution < -0.4 is 10.6 Å². The Kier molecular flexibility index (Phi) is 5.59. The highest BCUT2D eigenvalue weighted by Gasteiger charge is 2.40. The lowest BCUT2D eigenvalue weighted by molar-refractivity contribution is 0.0548. The third kappa shape index (κ3) is 3.83. The van der Waals surface area contributed by atoms with Crippen LogP contribution in [0.15, 0.2) is 36.4 Å². The predicted molar refractivity (Wildman–Crippen MR) is 116 cm³/mol. The van der Waals surface area contributed by atoms with Crippen LogP contribution in [0, 0.1) is 6.92 Å². The van der Waals surface area contributed by atoms with E-state index in [-0.39, 0.29) is 35.2 Å². The fraction of sp³-hybridized carbons (Fsp3) is 0.333. The monoisotopic (exact) mass is 419 g/mol. The Balaban J connectivity index is 1.54. The fourth-order valence-corrected chi connectivity index (χ4v) is 4.36. The second kappa shape index (κ2) is 8.34.